The lowest BCUT2D eigenvalue weighted by Gasteiger charge is -2.56. The van der Waals surface area contributed by atoms with Crippen LogP contribution in [-0.4, -0.2) is 17.1 Å². The van der Waals surface area contributed by atoms with E-state index in [0.717, 1.165) is 12.2 Å². The molecular formula is C14H19ClN2O. The van der Waals surface area contributed by atoms with Crippen molar-refractivity contribution in [2.75, 3.05) is 0 Å². The minimum Gasteiger partial charge on any atom is -0.488 e. The predicted molar refractivity (Wildman–Crippen MR) is 71.8 cm³/mol. The van der Waals surface area contributed by atoms with Crippen LogP contribution in [0.3, 0.4) is 0 Å². The van der Waals surface area contributed by atoms with Gasteiger partial charge in [0, 0.05) is 30.1 Å². The summed E-state index contributed by atoms with van der Waals surface area (Å²) in [6.07, 6.45) is 10.8. The van der Waals surface area contributed by atoms with Gasteiger partial charge in [-0.3, -0.25) is 4.98 Å². The second-order valence-corrected chi connectivity index (χ2v) is 6.02. The van der Waals surface area contributed by atoms with Crippen LogP contribution < -0.4 is 10.5 Å². The lowest BCUT2D eigenvalue weighted by Crippen LogP contribution is -2.64. The van der Waals surface area contributed by atoms with E-state index >= 15 is 0 Å². The molecule has 0 aromatic carbocycles. The van der Waals surface area contributed by atoms with Gasteiger partial charge in [0.15, 0.2) is 0 Å². The van der Waals surface area contributed by atoms with Crippen LogP contribution >= 0.6 is 11.6 Å². The maximum atomic E-state index is 6.24. The van der Waals surface area contributed by atoms with E-state index in [9.17, 15) is 0 Å². The van der Waals surface area contributed by atoms with Crippen LogP contribution in [-0.2, 0) is 0 Å². The lowest BCUT2D eigenvalue weighted by atomic mass is 9.55. The summed E-state index contributed by atoms with van der Waals surface area (Å²) in [6.45, 7) is 0. The average molecular weight is 267 g/mol. The summed E-state index contributed by atoms with van der Waals surface area (Å²) >= 11 is 5.93. The maximum Gasteiger partial charge on any atom is 0.139 e. The first-order valence-electron chi connectivity index (χ1n) is 6.73. The Kier molecular flexibility index (Phi) is 3.20. The van der Waals surface area contributed by atoms with E-state index in [1.165, 1.54) is 32.1 Å². The van der Waals surface area contributed by atoms with Crippen LogP contribution in [0.15, 0.2) is 18.5 Å². The first-order chi connectivity index (χ1) is 8.71. The Morgan fingerprint density at radius 3 is 2.72 bits per heavy atom. The van der Waals surface area contributed by atoms with Gasteiger partial charge in [-0.25, -0.2) is 0 Å². The van der Waals surface area contributed by atoms with Crippen LogP contribution in [0.4, 0.5) is 0 Å². The summed E-state index contributed by atoms with van der Waals surface area (Å²) in [5.41, 5.74) is 6.45. The van der Waals surface area contributed by atoms with Gasteiger partial charge in [-0.2, -0.15) is 0 Å². The number of halogens is 1. The Balaban J connectivity index is 1.73. The molecule has 2 fully saturated rings. The molecule has 2 unspecified atom stereocenters. The van der Waals surface area contributed by atoms with Gasteiger partial charge in [0.25, 0.3) is 0 Å². The molecule has 0 bridgehead atoms. The van der Waals surface area contributed by atoms with Gasteiger partial charge in [0.1, 0.15) is 11.9 Å². The third-order valence-corrected chi connectivity index (χ3v) is 4.80. The molecule has 2 aliphatic carbocycles. The van der Waals surface area contributed by atoms with Crippen LogP contribution in [0.2, 0.25) is 5.02 Å². The number of nitrogens with two attached hydrogens (primary N) is 1. The van der Waals surface area contributed by atoms with E-state index in [0.29, 0.717) is 11.1 Å². The van der Waals surface area contributed by atoms with E-state index in [1.807, 2.05) is 6.07 Å². The summed E-state index contributed by atoms with van der Waals surface area (Å²) in [7, 11) is 0. The molecule has 0 saturated heterocycles. The summed E-state index contributed by atoms with van der Waals surface area (Å²) in [5, 5.41) is 0.619. The van der Waals surface area contributed by atoms with Gasteiger partial charge in [-0.05, 0) is 12.8 Å². The lowest BCUT2D eigenvalue weighted by molar-refractivity contribution is -0.0899. The second-order valence-electron chi connectivity index (χ2n) is 5.58. The first-order valence-corrected chi connectivity index (χ1v) is 7.11. The highest BCUT2D eigenvalue weighted by Gasteiger charge is 2.54. The molecule has 0 radical (unpaired) electrons. The summed E-state index contributed by atoms with van der Waals surface area (Å²) in [6, 6.07) is 2.13. The molecule has 4 heteroatoms. The molecule has 3 nitrogen and oxygen atoms in total. The third-order valence-electron chi connectivity index (χ3n) is 4.59. The van der Waals surface area contributed by atoms with Crippen LogP contribution in [0.1, 0.15) is 38.5 Å². The fourth-order valence-corrected chi connectivity index (χ4v) is 3.63. The standard InChI is InChI=1S/C14H19ClN2O/c15-10-6-11(9-17-8-10)18-13-7-12(16)14(13)4-2-1-3-5-14/h6,8-9,12-13H,1-5,7,16H2. The molecule has 2 N–H and O–H groups in total. The summed E-state index contributed by atoms with van der Waals surface area (Å²) in [5.74, 6) is 0.768. The van der Waals surface area contributed by atoms with Gasteiger partial charge in [-0.15, -0.1) is 0 Å². The molecule has 2 aliphatic rings. The van der Waals surface area contributed by atoms with Crippen molar-refractivity contribution in [3.63, 3.8) is 0 Å². The topological polar surface area (TPSA) is 48.1 Å². The fourth-order valence-electron chi connectivity index (χ4n) is 3.47. The normalized spacial score (nSPS) is 29.9. The van der Waals surface area contributed by atoms with Crippen LogP contribution in [0, 0.1) is 5.41 Å². The number of hydrogen-bond acceptors (Lipinski definition) is 3. The number of aromatic nitrogens is 1. The van der Waals surface area contributed by atoms with E-state index < -0.39 is 0 Å². The van der Waals surface area contributed by atoms with Gasteiger partial charge in [-0.1, -0.05) is 30.9 Å². The van der Waals surface area contributed by atoms with Crippen molar-refractivity contribution in [3.05, 3.63) is 23.5 Å². The average Bonchev–Trinajstić information content (AvgIpc) is 2.39. The minimum atomic E-state index is 0.209. The molecule has 98 valence electrons. The van der Waals surface area contributed by atoms with Gasteiger partial charge in [0.2, 0.25) is 0 Å². The highest BCUT2D eigenvalue weighted by molar-refractivity contribution is 6.30. The molecular weight excluding hydrogens is 248 g/mol. The molecule has 1 spiro atoms. The zero-order chi connectivity index (χ0) is 12.6. The quantitative estimate of drug-likeness (QED) is 0.894. The maximum absolute atomic E-state index is 6.24. The molecule has 1 heterocycles. The SMILES string of the molecule is NC1CC(Oc2cncc(Cl)c2)C12CCCCC2. The van der Waals surface area contributed by atoms with Crippen molar-refractivity contribution < 1.29 is 4.74 Å². The predicted octanol–water partition coefficient (Wildman–Crippen LogP) is 3.16. The highest BCUT2D eigenvalue weighted by atomic mass is 35.5. The van der Waals surface area contributed by atoms with Crippen molar-refractivity contribution >= 4 is 11.6 Å². The Morgan fingerprint density at radius 2 is 2.06 bits per heavy atom. The molecule has 3 rings (SSSR count). The fraction of sp³-hybridized carbons (Fsp3) is 0.643. The van der Waals surface area contributed by atoms with Crippen molar-refractivity contribution in [3.8, 4) is 5.75 Å². The first kappa shape index (κ1) is 12.2. The van der Waals surface area contributed by atoms with Gasteiger partial charge < -0.3 is 10.5 Å². The number of hydrogen-bond donors (Lipinski definition) is 1. The van der Waals surface area contributed by atoms with Gasteiger partial charge in [0.05, 0.1) is 11.2 Å². The number of rotatable bonds is 2. The molecule has 18 heavy (non-hydrogen) atoms. The van der Waals surface area contributed by atoms with Crippen LogP contribution in [0.25, 0.3) is 0 Å². The highest BCUT2D eigenvalue weighted by Crippen LogP contribution is 2.52. The molecule has 1 aromatic heterocycles. The monoisotopic (exact) mass is 266 g/mol. The van der Waals surface area contributed by atoms with Gasteiger partial charge >= 0.3 is 0 Å². The molecule has 2 saturated carbocycles. The second kappa shape index (κ2) is 4.71. The Bertz CT molecular complexity index is 432. The summed E-state index contributed by atoms with van der Waals surface area (Å²) in [4.78, 5) is 4.06. The molecule has 0 amide bonds. The zero-order valence-electron chi connectivity index (χ0n) is 10.4. The van der Waals surface area contributed by atoms with E-state index in [4.69, 9.17) is 22.1 Å². The Hall–Kier alpha value is -0.800. The van der Waals surface area contributed by atoms with Crippen molar-refractivity contribution in [2.24, 2.45) is 11.1 Å². The summed E-state index contributed by atoms with van der Waals surface area (Å²) < 4.78 is 6.07. The van der Waals surface area contributed by atoms with Crippen LogP contribution in [0.5, 0.6) is 5.75 Å². The molecule has 2 atom stereocenters. The molecule has 1 aromatic rings. The smallest absolute Gasteiger partial charge is 0.139 e. The number of ether oxygens (including phenoxy) is 1. The van der Waals surface area contributed by atoms with E-state index in [2.05, 4.69) is 4.98 Å². The van der Waals surface area contributed by atoms with Crippen molar-refractivity contribution in [1.29, 1.82) is 0 Å². The van der Waals surface area contributed by atoms with Crippen molar-refractivity contribution in [1.82, 2.24) is 4.98 Å². The van der Waals surface area contributed by atoms with E-state index in [-0.39, 0.29) is 11.5 Å². The number of nitrogens with zero attached hydrogens (tertiary/aromatic N) is 1. The van der Waals surface area contributed by atoms with E-state index in [1.54, 1.807) is 12.4 Å². The minimum absolute atomic E-state index is 0.209. The zero-order valence-corrected chi connectivity index (χ0v) is 11.2. The Morgan fingerprint density at radius 1 is 1.28 bits per heavy atom. The largest absolute Gasteiger partial charge is 0.488 e. The number of pyridine rings is 1. The molecule has 0 aliphatic heterocycles. The third kappa shape index (κ3) is 1.99. The van der Waals surface area contributed by atoms with Crippen molar-refractivity contribution in [2.45, 2.75) is 50.7 Å². The Labute approximate surface area is 113 Å².